The SMILES string of the molecule is CS(=O)(=O)C1C(=N)C(=O)c2cccnc2C1=O. The number of Topliss-reactive ketones (excluding diaryl/α,β-unsaturated/α-hetero) is 2. The van der Waals surface area contributed by atoms with Crippen LogP contribution in [0.4, 0.5) is 0 Å². The van der Waals surface area contributed by atoms with Crippen LogP contribution < -0.4 is 0 Å². The summed E-state index contributed by atoms with van der Waals surface area (Å²) in [5, 5.41) is 5.77. The molecule has 0 radical (unpaired) electrons. The van der Waals surface area contributed by atoms with Crippen LogP contribution in [0.15, 0.2) is 18.3 Å². The summed E-state index contributed by atoms with van der Waals surface area (Å²) in [6, 6.07) is 2.81. The number of carbonyl (C=O) groups excluding carboxylic acids is 2. The fraction of sp³-hybridized carbons (Fsp3) is 0.200. The lowest BCUT2D eigenvalue weighted by Gasteiger charge is -2.20. The van der Waals surface area contributed by atoms with Gasteiger partial charge in [0.15, 0.2) is 15.1 Å². The fourth-order valence-corrected chi connectivity index (χ4v) is 2.75. The first-order valence-electron chi connectivity index (χ1n) is 4.65. The lowest BCUT2D eigenvalue weighted by molar-refractivity contribution is 0.0962. The molecule has 0 aromatic carbocycles. The van der Waals surface area contributed by atoms with E-state index < -0.39 is 32.4 Å². The first-order valence-corrected chi connectivity index (χ1v) is 6.60. The zero-order valence-electron chi connectivity index (χ0n) is 8.80. The van der Waals surface area contributed by atoms with Gasteiger partial charge in [-0.1, -0.05) is 0 Å². The summed E-state index contributed by atoms with van der Waals surface area (Å²) in [7, 11) is -3.83. The number of nitrogens with zero attached hydrogens (tertiary/aromatic N) is 1. The molecule has 17 heavy (non-hydrogen) atoms. The Morgan fingerprint density at radius 2 is 2.00 bits per heavy atom. The number of sulfone groups is 1. The molecule has 1 unspecified atom stereocenters. The van der Waals surface area contributed by atoms with Gasteiger partial charge in [0.25, 0.3) is 0 Å². The number of ketones is 2. The van der Waals surface area contributed by atoms with Crippen LogP contribution in [0.5, 0.6) is 0 Å². The van der Waals surface area contributed by atoms with Gasteiger partial charge in [-0.25, -0.2) is 8.42 Å². The van der Waals surface area contributed by atoms with Crippen molar-refractivity contribution in [1.29, 1.82) is 5.41 Å². The Morgan fingerprint density at radius 1 is 1.35 bits per heavy atom. The quantitative estimate of drug-likeness (QED) is 0.751. The molecular weight excluding hydrogens is 244 g/mol. The van der Waals surface area contributed by atoms with Crippen molar-refractivity contribution in [2.75, 3.05) is 6.26 Å². The number of aromatic nitrogens is 1. The van der Waals surface area contributed by atoms with E-state index in [9.17, 15) is 18.0 Å². The lowest BCUT2D eigenvalue weighted by Crippen LogP contribution is -2.46. The molecule has 1 aromatic rings. The number of nitrogens with one attached hydrogen (secondary N) is 1. The van der Waals surface area contributed by atoms with E-state index in [1.54, 1.807) is 0 Å². The van der Waals surface area contributed by atoms with Crippen molar-refractivity contribution in [3.63, 3.8) is 0 Å². The van der Waals surface area contributed by atoms with Gasteiger partial charge in [0.1, 0.15) is 11.4 Å². The average molecular weight is 252 g/mol. The van der Waals surface area contributed by atoms with Gasteiger partial charge in [0, 0.05) is 12.5 Å². The Balaban J connectivity index is 2.72. The number of rotatable bonds is 1. The Kier molecular flexibility index (Phi) is 2.43. The van der Waals surface area contributed by atoms with Crippen molar-refractivity contribution < 1.29 is 18.0 Å². The number of carbonyl (C=O) groups is 2. The highest BCUT2D eigenvalue weighted by Crippen LogP contribution is 2.21. The predicted molar refractivity (Wildman–Crippen MR) is 59.3 cm³/mol. The van der Waals surface area contributed by atoms with E-state index in [2.05, 4.69) is 4.98 Å². The van der Waals surface area contributed by atoms with Crippen molar-refractivity contribution in [2.45, 2.75) is 5.25 Å². The van der Waals surface area contributed by atoms with Crippen LogP contribution in [0, 0.1) is 5.41 Å². The molecule has 0 fully saturated rings. The van der Waals surface area contributed by atoms with Crippen molar-refractivity contribution in [3.05, 3.63) is 29.6 Å². The molecule has 1 heterocycles. The van der Waals surface area contributed by atoms with Crippen LogP contribution in [0.1, 0.15) is 20.8 Å². The second-order valence-electron chi connectivity index (χ2n) is 3.72. The molecule has 0 bridgehead atoms. The highest BCUT2D eigenvalue weighted by Gasteiger charge is 2.44. The summed E-state index contributed by atoms with van der Waals surface area (Å²) in [5.74, 6) is -1.57. The first-order chi connectivity index (χ1) is 7.84. The van der Waals surface area contributed by atoms with Crippen molar-refractivity contribution in [2.24, 2.45) is 0 Å². The minimum Gasteiger partial charge on any atom is -0.299 e. The normalized spacial score (nSPS) is 20.3. The number of hydrogen-bond donors (Lipinski definition) is 1. The largest absolute Gasteiger partial charge is 0.299 e. The molecule has 1 aliphatic rings. The van der Waals surface area contributed by atoms with Gasteiger partial charge < -0.3 is 0 Å². The molecule has 1 aliphatic carbocycles. The summed E-state index contributed by atoms with van der Waals surface area (Å²) >= 11 is 0. The summed E-state index contributed by atoms with van der Waals surface area (Å²) in [4.78, 5) is 27.3. The van der Waals surface area contributed by atoms with E-state index in [0.29, 0.717) is 0 Å². The van der Waals surface area contributed by atoms with Gasteiger partial charge in [-0.15, -0.1) is 0 Å². The first kappa shape index (κ1) is 11.6. The molecule has 1 aromatic heterocycles. The van der Waals surface area contributed by atoms with Crippen LogP contribution >= 0.6 is 0 Å². The minimum atomic E-state index is -3.83. The maximum Gasteiger partial charge on any atom is 0.210 e. The van der Waals surface area contributed by atoms with E-state index in [-0.39, 0.29) is 11.3 Å². The van der Waals surface area contributed by atoms with E-state index in [1.165, 1.54) is 18.3 Å². The van der Waals surface area contributed by atoms with E-state index in [1.807, 2.05) is 0 Å². The van der Waals surface area contributed by atoms with Crippen LogP contribution in [-0.4, -0.2) is 42.2 Å². The van der Waals surface area contributed by atoms with Crippen molar-refractivity contribution in [1.82, 2.24) is 4.98 Å². The second-order valence-corrected chi connectivity index (χ2v) is 5.85. The molecule has 0 amide bonds. The predicted octanol–water partition coefficient (Wildman–Crippen LogP) is -0.106. The molecular formula is C10H8N2O4S. The van der Waals surface area contributed by atoms with Crippen LogP contribution in [-0.2, 0) is 9.84 Å². The average Bonchev–Trinajstić information content (AvgIpc) is 2.24. The Labute approximate surface area is 97.1 Å². The highest BCUT2D eigenvalue weighted by molar-refractivity contribution is 7.93. The molecule has 7 heteroatoms. The van der Waals surface area contributed by atoms with Crippen LogP contribution in [0.2, 0.25) is 0 Å². The molecule has 2 rings (SSSR count). The zero-order valence-corrected chi connectivity index (χ0v) is 9.61. The maximum absolute atomic E-state index is 11.9. The third kappa shape index (κ3) is 1.68. The standard InChI is InChI=1S/C10H8N2O4S/c1-17(15,16)10-6(11)8(13)5-3-2-4-12-7(5)9(10)14/h2-4,10-11H,1H3. The highest BCUT2D eigenvalue weighted by atomic mass is 32.2. The zero-order chi connectivity index (χ0) is 12.8. The van der Waals surface area contributed by atoms with E-state index in [0.717, 1.165) is 6.26 Å². The molecule has 6 nitrogen and oxygen atoms in total. The fourth-order valence-electron chi connectivity index (χ4n) is 1.71. The van der Waals surface area contributed by atoms with Gasteiger partial charge in [-0.2, -0.15) is 0 Å². The summed E-state index contributed by atoms with van der Waals surface area (Å²) in [6.45, 7) is 0. The molecule has 88 valence electrons. The van der Waals surface area contributed by atoms with Gasteiger partial charge >= 0.3 is 0 Å². The molecule has 1 N–H and O–H groups in total. The van der Waals surface area contributed by atoms with Crippen molar-refractivity contribution in [3.8, 4) is 0 Å². The Hall–Kier alpha value is -1.89. The van der Waals surface area contributed by atoms with Gasteiger partial charge in [-0.05, 0) is 12.1 Å². The minimum absolute atomic E-state index is 0.0117. The van der Waals surface area contributed by atoms with E-state index >= 15 is 0 Å². The number of fused-ring (bicyclic) bond motifs is 1. The third-order valence-electron chi connectivity index (χ3n) is 2.46. The van der Waals surface area contributed by atoms with Gasteiger partial charge in [-0.3, -0.25) is 20.0 Å². The lowest BCUT2D eigenvalue weighted by atomic mass is 9.92. The summed E-state index contributed by atoms with van der Waals surface area (Å²) in [5.41, 5.74) is -0.899. The maximum atomic E-state index is 11.9. The second kappa shape index (κ2) is 3.56. The molecule has 0 aliphatic heterocycles. The molecule has 0 saturated carbocycles. The smallest absolute Gasteiger partial charge is 0.210 e. The van der Waals surface area contributed by atoms with Crippen LogP contribution in [0.25, 0.3) is 0 Å². The summed E-state index contributed by atoms with van der Waals surface area (Å²) < 4.78 is 22.8. The molecule has 1 atom stereocenters. The number of pyridine rings is 1. The molecule has 0 spiro atoms. The Morgan fingerprint density at radius 3 is 2.59 bits per heavy atom. The van der Waals surface area contributed by atoms with Gasteiger partial charge in [0.05, 0.1) is 5.56 Å². The van der Waals surface area contributed by atoms with Gasteiger partial charge in [0.2, 0.25) is 11.6 Å². The van der Waals surface area contributed by atoms with E-state index in [4.69, 9.17) is 5.41 Å². The summed E-state index contributed by atoms with van der Waals surface area (Å²) in [6.07, 6.45) is 2.13. The Bertz CT molecular complexity index is 648. The molecule has 0 saturated heterocycles. The monoisotopic (exact) mass is 252 g/mol. The van der Waals surface area contributed by atoms with Crippen LogP contribution in [0.3, 0.4) is 0 Å². The number of hydrogen-bond acceptors (Lipinski definition) is 6. The van der Waals surface area contributed by atoms with Crippen molar-refractivity contribution >= 4 is 27.1 Å². The third-order valence-corrected chi connectivity index (χ3v) is 3.76. The topological polar surface area (TPSA) is 105 Å².